The first kappa shape index (κ1) is 21.3. The Hall–Kier alpha value is -2.90. The first-order chi connectivity index (χ1) is 14.9. The third-order valence-corrected chi connectivity index (χ3v) is 6.11. The van der Waals surface area contributed by atoms with Gasteiger partial charge in [-0.05, 0) is 57.1 Å². The van der Waals surface area contributed by atoms with Crippen molar-refractivity contribution in [1.82, 2.24) is 15.3 Å². The monoisotopic (exact) mass is 428 g/mol. The average molecular weight is 428 g/mol. The highest BCUT2D eigenvalue weighted by atomic mass is 19.1. The van der Waals surface area contributed by atoms with E-state index in [1.54, 1.807) is 0 Å². The van der Waals surface area contributed by atoms with Gasteiger partial charge >= 0.3 is 0 Å². The van der Waals surface area contributed by atoms with Crippen molar-refractivity contribution in [2.75, 3.05) is 11.9 Å². The van der Waals surface area contributed by atoms with Gasteiger partial charge in [-0.15, -0.1) is 0 Å². The van der Waals surface area contributed by atoms with Crippen molar-refractivity contribution < 1.29 is 18.4 Å². The number of anilines is 1. The van der Waals surface area contributed by atoms with Crippen LogP contribution in [0.1, 0.15) is 65.2 Å². The second-order valence-electron chi connectivity index (χ2n) is 8.29. The molecule has 0 radical (unpaired) electrons. The van der Waals surface area contributed by atoms with Gasteiger partial charge in [0.25, 0.3) is 5.91 Å². The van der Waals surface area contributed by atoms with Crippen molar-refractivity contribution in [3.63, 3.8) is 0 Å². The molecular weight excluding hydrogens is 402 g/mol. The van der Waals surface area contributed by atoms with Crippen LogP contribution in [0.4, 0.5) is 14.5 Å². The van der Waals surface area contributed by atoms with Crippen LogP contribution < -0.4 is 10.6 Å². The summed E-state index contributed by atoms with van der Waals surface area (Å²) in [6.45, 7) is 2.19. The zero-order chi connectivity index (χ0) is 22.0. The third-order valence-electron chi connectivity index (χ3n) is 6.11. The first-order valence-corrected chi connectivity index (χ1v) is 10.9. The van der Waals surface area contributed by atoms with Crippen LogP contribution in [0.25, 0.3) is 0 Å². The van der Waals surface area contributed by atoms with Gasteiger partial charge in [0, 0.05) is 36.3 Å². The number of rotatable bonds is 6. The molecule has 31 heavy (non-hydrogen) atoms. The zero-order valence-corrected chi connectivity index (χ0v) is 17.6. The standard InChI is InChI=1S/C23H26F2N4O2/c1-13-15-7-2-3-8-19(15)28-21(27-13)9-10-26-23(31)16-11-20(18(25)12-17(16)24)29-22(30)14-5-4-6-14/h11-12,14H,2-10H2,1H3,(H,26,31)(H,29,30). The number of aryl methyl sites for hydroxylation is 2. The topological polar surface area (TPSA) is 84.0 Å². The van der Waals surface area contributed by atoms with Gasteiger partial charge in [0.1, 0.15) is 17.5 Å². The summed E-state index contributed by atoms with van der Waals surface area (Å²) in [5, 5.41) is 5.11. The van der Waals surface area contributed by atoms with Gasteiger partial charge in [-0.2, -0.15) is 0 Å². The molecule has 1 aromatic carbocycles. The average Bonchev–Trinajstić information content (AvgIpc) is 2.68. The van der Waals surface area contributed by atoms with Crippen LogP contribution in [0, 0.1) is 24.5 Å². The predicted octanol–water partition coefficient (Wildman–Crippen LogP) is 3.65. The van der Waals surface area contributed by atoms with Gasteiger partial charge in [0.05, 0.1) is 11.3 Å². The maximum atomic E-state index is 14.2. The highest BCUT2D eigenvalue weighted by Gasteiger charge is 2.26. The Bertz CT molecular complexity index is 1020. The van der Waals surface area contributed by atoms with E-state index in [-0.39, 0.29) is 29.6 Å². The molecule has 0 spiro atoms. The summed E-state index contributed by atoms with van der Waals surface area (Å²) in [5.74, 6) is -2.36. The molecule has 8 heteroatoms. The van der Waals surface area contributed by atoms with Crippen LogP contribution in [-0.2, 0) is 24.1 Å². The van der Waals surface area contributed by atoms with E-state index in [0.29, 0.717) is 18.3 Å². The van der Waals surface area contributed by atoms with Crippen molar-refractivity contribution in [2.24, 2.45) is 5.92 Å². The van der Waals surface area contributed by atoms with Crippen molar-refractivity contribution in [2.45, 2.75) is 58.3 Å². The van der Waals surface area contributed by atoms with Gasteiger partial charge in [-0.3, -0.25) is 9.59 Å². The zero-order valence-electron chi connectivity index (χ0n) is 17.6. The number of hydrogen-bond acceptors (Lipinski definition) is 4. The molecule has 1 saturated carbocycles. The summed E-state index contributed by atoms with van der Waals surface area (Å²) < 4.78 is 28.3. The second-order valence-corrected chi connectivity index (χ2v) is 8.29. The lowest BCUT2D eigenvalue weighted by Gasteiger charge is -2.24. The number of carbonyl (C=O) groups is 2. The minimum atomic E-state index is -0.975. The van der Waals surface area contributed by atoms with Crippen LogP contribution in [-0.4, -0.2) is 28.3 Å². The lowest BCUT2D eigenvalue weighted by molar-refractivity contribution is -0.122. The van der Waals surface area contributed by atoms with Gasteiger partial charge in [0.2, 0.25) is 5.91 Å². The highest BCUT2D eigenvalue weighted by molar-refractivity contribution is 5.98. The molecule has 1 heterocycles. The van der Waals surface area contributed by atoms with Crippen molar-refractivity contribution >= 4 is 17.5 Å². The Morgan fingerprint density at radius 3 is 2.58 bits per heavy atom. The van der Waals surface area contributed by atoms with Crippen molar-refractivity contribution in [3.8, 4) is 0 Å². The normalized spacial score (nSPS) is 15.7. The molecule has 2 aromatic rings. The smallest absolute Gasteiger partial charge is 0.254 e. The number of nitrogens with one attached hydrogen (secondary N) is 2. The molecule has 1 aromatic heterocycles. The van der Waals surface area contributed by atoms with Gasteiger partial charge in [-0.25, -0.2) is 18.7 Å². The summed E-state index contributed by atoms with van der Waals surface area (Å²) in [6.07, 6.45) is 7.09. The Morgan fingerprint density at radius 1 is 1.06 bits per heavy atom. The Balaban J connectivity index is 1.39. The summed E-state index contributed by atoms with van der Waals surface area (Å²) in [6, 6.07) is 1.68. The van der Waals surface area contributed by atoms with E-state index in [9.17, 15) is 18.4 Å². The maximum Gasteiger partial charge on any atom is 0.254 e. The number of nitrogens with zero attached hydrogens (tertiary/aromatic N) is 2. The van der Waals surface area contributed by atoms with Crippen molar-refractivity contribution in [3.05, 3.63) is 52.1 Å². The number of benzene rings is 1. The minimum absolute atomic E-state index is 0.151. The molecule has 164 valence electrons. The molecule has 6 nitrogen and oxygen atoms in total. The predicted molar refractivity (Wildman–Crippen MR) is 112 cm³/mol. The van der Waals surface area contributed by atoms with Crippen LogP contribution in [0.3, 0.4) is 0 Å². The fraction of sp³-hybridized carbons (Fsp3) is 0.478. The van der Waals surface area contributed by atoms with E-state index < -0.39 is 17.5 Å². The Morgan fingerprint density at radius 2 is 1.84 bits per heavy atom. The van der Waals surface area contributed by atoms with Crippen LogP contribution >= 0.6 is 0 Å². The molecule has 4 rings (SSSR count). The lowest BCUT2D eigenvalue weighted by Crippen LogP contribution is -2.29. The third kappa shape index (κ3) is 4.73. The number of hydrogen-bond donors (Lipinski definition) is 2. The molecule has 1 fully saturated rings. The van der Waals surface area contributed by atoms with Gasteiger partial charge in [0.15, 0.2) is 0 Å². The van der Waals surface area contributed by atoms with Crippen LogP contribution in [0.15, 0.2) is 12.1 Å². The van der Waals surface area contributed by atoms with E-state index >= 15 is 0 Å². The minimum Gasteiger partial charge on any atom is -0.351 e. The number of carbonyl (C=O) groups excluding carboxylic acids is 2. The second kappa shape index (κ2) is 9.08. The molecule has 2 amide bonds. The van der Waals surface area contributed by atoms with Crippen LogP contribution in [0.5, 0.6) is 0 Å². The largest absolute Gasteiger partial charge is 0.351 e. The summed E-state index contributed by atoms with van der Waals surface area (Å²) in [7, 11) is 0. The highest BCUT2D eigenvalue weighted by Crippen LogP contribution is 2.29. The lowest BCUT2D eigenvalue weighted by atomic mass is 9.85. The van der Waals surface area contributed by atoms with E-state index in [2.05, 4.69) is 20.6 Å². The molecule has 0 unspecified atom stereocenters. The van der Waals surface area contributed by atoms with E-state index in [1.807, 2.05) is 6.92 Å². The number of fused-ring (bicyclic) bond motifs is 1. The first-order valence-electron chi connectivity index (χ1n) is 10.9. The SMILES string of the molecule is Cc1nc(CCNC(=O)c2cc(NC(=O)C3CCC3)c(F)cc2F)nc2c1CCCC2. The number of amides is 2. The van der Waals surface area contributed by atoms with E-state index in [1.165, 1.54) is 5.56 Å². The summed E-state index contributed by atoms with van der Waals surface area (Å²) in [5.41, 5.74) is 2.78. The molecular formula is C23H26F2N4O2. The van der Waals surface area contributed by atoms with Crippen LogP contribution in [0.2, 0.25) is 0 Å². The van der Waals surface area contributed by atoms with Crippen molar-refractivity contribution in [1.29, 1.82) is 0 Å². The van der Waals surface area contributed by atoms with E-state index in [4.69, 9.17) is 0 Å². The molecule has 0 bridgehead atoms. The summed E-state index contributed by atoms with van der Waals surface area (Å²) in [4.78, 5) is 33.7. The Kier molecular flexibility index (Phi) is 6.25. The van der Waals surface area contributed by atoms with Gasteiger partial charge in [-0.1, -0.05) is 6.42 Å². The molecule has 2 aliphatic rings. The molecule has 0 atom stereocenters. The fourth-order valence-corrected chi connectivity index (χ4v) is 4.06. The van der Waals surface area contributed by atoms with E-state index in [0.717, 1.165) is 62.4 Å². The molecule has 2 N–H and O–H groups in total. The maximum absolute atomic E-state index is 14.2. The molecule has 2 aliphatic carbocycles. The van der Waals surface area contributed by atoms with Gasteiger partial charge < -0.3 is 10.6 Å². The quantitative estimate of drug-likeness (QED) is 0.736. The molecule has 0 saturated heterocycles. The fourth-order valence-electron chi connectivity index (χ4n) is 4.06. The summed E-state index contributed by atoms with van der Waals surface area (Å²) >= 11 is 0. The number of aromatic nitrogens is 2. The Labute approximate surface area is 179 Å². The number of halogens is 2. The molecule has 0 aliphatic heterocycles.